The fourth-order valence-electron chi connectivity index (χ4n) is 2.65. The topological polar surface area (TPSA) is 60.5 Å². The Bertz CT molecular complexity index is 908. The Balaban J connectivity index is 1.58. The number of hydrogen-bond donors (Lipinski definition) is 1. The molecule has 24 heavy (non-hydrogen) atoms. The second kappa shape index (κ2) is 6.20. The van der Waals surface area contributed by atoms with Crippen LogP contribution in [0.5, 0.6) is 11.5 Å². The summed E-state index contributed by atoms with van der Waals surface area (Å²) in [5.41, 5.74) is 2.07. The Morgan fingerprint density at radius 2 is 1.83 bits per heavy atom. The summed E-state index contributed by atoms with van der Waals surface area (Å²) >= 11 is 0. The number of nitrogens with one attached hydrogen (secondary N) is 1. The first-order chi connectivity index (χ1) is 11.8. The van der Waals surface area contributed by atoms with E-state index in [9.17, 15) is 4.79 Å². The van der Waals surface area contributed by atoms with Crippen molar-refractivity contribution in [3.8, 4) is 11.5 Å². The maximum absolute atomic E-state index is 12.5. The molecule has 1 amide bonds. The Morgan fingerprint density at radius 1 is 1.00 bits per heavy atom. The number of benzene rings is 2. The monoisotopic (exact) mass is 320 g/mol. The molecule has 4 rings (SSSR count). The van der Waals surface area contributed by atoms with Crippen molar-refractivity contribution < 1.29 is 14.3 Å². The molecule has 0 unspecified atom stereocenters. The Hall–Kier alpha value is -3.08. The molecule has 0 saturated carbocycles. The van der Waals surface area contributed by atoms with Gasteiger partial charge in [-0.3, -0.25) is 9.78 Å². The molecule has 0 bridgehead atoms. The maximum Gasteiger partial charge on any atom is 0.255 e. The number of carbonyl (C=O) groups is 1. The van der Waals surface area contributed by atoms with Crippen LogP contribution in [0.4, 0.5) is 5.69 Å². The highest BCUT2D eigenvalue weighted by molar-refractivity contribution is 6.05. The van der Waals surface area contributed by atoms with Gasteiger partial charge in [0.05, 0.1) is 30.6 Å². The quantitative estimate of drug-likeness (QED) is 0.783. The Morgan fingerprint density at radius 3 is 2.75 bits per heavy atom. The van der Waals surface area contributed by atoms with E-state index >= 15 is 0 Å². The van der Waals surface area contributed by atoms with Gasteiger partial charge in [0, 0.05) is 17.4 Å². The van der Waals surface area contributed by atoms with Crippen LogP contribution in [-0.2, 0) is 0 Å². The van der Waals surface area contributed by atoms with Crippen molar-refractivity contribution in [1.82, 2.24) is 4.98 Å². The van der Waals surface area contributed by atoms with Crippen LogP contribution in [0.25, 0.3) is 10.9 Å². The van der Waals surface area contributed by atoms with E-state index < -0.39 is 0 Å². The molecule has 1 N–H and O–H groups in total. The molecule has 0 saturated heterocycles. The van der Waals surface area contributed by atoms with E-state index in [1.807, 2.05) is 30.3 Å². The number of amides is 1. The lowest BCUT2D eigenvalue weighted by Crippen LogP contribution is -2.12. The SMILES string of the molecule is O=C(Nc1cnc2ccccc2c1)c1ccc2c(c1)OCCCO2. The van der Waals surface area contributed by atoms with Crippen molar-refractivity contribution in [2.75, 3.05) is 18.5 Å². The normalized spacial score (nSPS) is 13.3. The van der Waals surface area contributed by atoms with E-state index in [-0.39, 0.29) is 5.91 Å². The van der Waals surface area contributed by atoms with Crippen LogP contribution >= 0.6 is 0 Å². The number of aromatic nitrogens is 1. The zero-order valence-corrected chi connectivity index (χ0v) is 13.0. The van der Waals surface area contributed by atoms with Gasteiger partial charge in [-0.25, -0.2) is 0 Å². The zero-order valence-electron chi connectivity index (χ0n) is 13.0. The molecule has 0 fully saturated rings. The van der Waals surface area contributed by atoms with Gasteiger partial charge in [-0.1, -0.05) is 18.2 Å². The number of ether oxygens (including phenoxy) is 2. The molecule has 0 spiro atoms. The van der Waals surface area contributed by atoms with Gasteiger partial charge in [-0.2, -0.15) is 0 Å². The molecule has 0 atom stereocenters. The van der Waals surface area contributed by atoms with Crippen molar-refractivity contribution >= 4 is 22.5 Å². The molecule has 1 aliphatic rings. The lowest BCUT2D eigenvalue weighted by Gasteiger charge is -2.10. The second-order valence-corrected chi connectivity index (χ2v) is 5.58. The van der Waals surface area contributed by atoms with Crippen LogP contribution in [0.2, 0.25) is 0 Å². The third-order valence-corrected chi connectivity index (χ3v) is 3.86. The first-order valence-corrected chi connectivity index (χ1v) is 7.85. The van der Waals surface area contributed by atoms with Crippen molar-refractivity contribution in [3.63, 3.8) is 0 Å². The van der Waals surface area contributed by atoms with Crippen LogP contribution in [0.3, 0.4) is 0 Å². The molecule has 2 heterocycles. The highest BCUT2D eigenvalue weighted by atomic mass is 16.5. The minimum absolute atomic E-state index is 0.206. The number of anilines is 1. The van der Waals surface area contributed by atoms with Gasteiger partial charge < -0.3 is 14.8 Å². The predicted octanol–water partition coefficient (Wildman–Crippen LogP) is 3.65. The highest BCUT2D eigenvalue weighted by Gasteiger charge is 2.14. The number of para-hydroxylation sites is 1. The lowest BCUT2D eigenvalue weighted by atomic mass is 10.1. The molecule has 1 aromatic heterocycles. The number of rotatable bonds is 2. The van der Waals surface area contributed by atoms with E-state index in [4.69, 9.17) is 9.47 Å². The maximum atomic E-state index is 12.5. The molecular formula is C19H16N2O3. The van der Waals surface area contributed by atoms with Crippen LogP contribution in [0, 0.1) is 0 Å². The van der Waals surface area contributed by atoms with Gasteiger partial charge in [-0.15, -0.1) is 0 Å². The first-order valence-electron chi connectivity index (χ1n) is 7.85. The van der Waals surface area contributed by atoms with Crippen LogP contribution in [0.15, 0.2) is 54.7 Å². The van der Waals surface area contributed by atoms with Gasteiger partial charge >= 0.3 is 0 Å². The summed E-state index contributed by atoms with van der Waals surface area (Å²) < 4.78 is 11.2. The summed E-state index contributed by atoms with van der Waals surface area (Å²) in [5, 5.41) is 3.86. The first kappa shape index (κ1) is 14.5. The van der Waals surface area contributed by atoms with E-state index in [1.165, 1.54) is 0 Å². The summed E-state index contributed by atoms with van der Waals surface area (Å²) in [6, 6.07) is 14.9. The summed E-state index contributed by atoms with van der Waals surface area (Å²) in [5.74, 6) is 1.08. The van der Waals surface area contributed by atoms with Gasteiger partial charge in [0.2, 0.25) is 0 Å². The average Bonchev–Trinajstić information content (AvgIpc) is 2.86. The van der Waals surface area contributed by atoms with Gasteiger partial charge in [0.1, 0.15) is 0 Å². The van der Waals surface area contributed by atoms with Crippen LogP contribution < -0.4 is 14.8 Å². The third kappa shape index (κ3) is 2.88. The fraction of sp³-hybridized carbons (Fsp3) is 0.158. The molecule has 0 radical (unpaired) electrons. The summed E-state index contributed by atoms with van der Waals surface area (Å²) in [4.78, 5) is 16.8. The fourth-order valence-corrected chi connectivity index (χ4v) is 2.65. The number of pyridine rings is 1. The Labute approximate surface area is 139 Å². The number of nitrogens with zero attached hydrogens (tertiary/aromatic N) is 1. The van der Waals surface area contributed by atoms with Gasteiger partial charge in [0.15, 0.2) is 11.5 Å². The molecule has 1 aliphatic heterocycles. The molecule has 2 aromatic carbocycles. The summed E-state index contributed by atoms with van der Waals surface area (Å²) in [7, 11) is 0. The largest absolute Gasteiger partial charge is 0.490 e. The molecular weight excluding hydrogens is 304 g/mol. The summed E-state index contributed by atoms with van der Waals surface area (Å²) in [6.07, 6.45) is 2.49. The number of fused-ring (bicyclic) bond motifs is 2. The highest BCUT2D eigenvalue weighted by Crippen LogP contribution is 2.30. The van der Waals surface area contributed by atoms with E-state index in [0.29, 0.717) is 36.0 Å². The molecule has 120 valence electrons. The standard InChI is InChI=1S/C19H16N2O3/c22-19(14-6-7-17-18(11-14)24-9-3-8-23-17)21-15-10-13-4-1-2-5-16(13)20-12-15/h1-2,4-7,10-12H,3,8-9H2,(H,21,22). The molecule has 3 aromatic rings. The molecule has 0 aliphatic carbocycles. The third-order valence-electron chi connectivity index (χ3n) is 3.86. The number of hydrogen-bond acceptors (Lipinski definition) is 4. The van der Waals surface area contributed by atoms with Crippen LogP contribution in [0.1, 0.15) is 16.8 Å². The van der Waals surface area contributed by atoms with E-state index in [1.54, 1.807) is 24.4 Å². The van der Waals surface area contributed by atoms with Crippen molar-refractivity contribution in [3.05, 3.63) is 60.3 Å². The minimum atomic E-state index is -0.206. The Kier molecular flexibility index (Phi) is 3.75. The summed E-state index contributed by atoms with van der Waals surface area (Å²) in [6.45, 7) is 1.22. The minimum Gasteiger partial charge on any atom is -0.490 e. The van der Waals surface area contributed by atoms with Crippen molar-refractivity contribution in [2.45, 2.75) is 6.42 Å². The van der Waals surface area contributed by atoms with Gasteiger partial charge in [0.25, 0.3) is 5.91 Å². The smallest absolute Gasteiger partial charge is 0.255 e. The van der Waals surface area contributed by atoms with E-state index in [0.717, 1.165) is 17.3 Å². The van der Waals surface area contributed by atoms with Crippen LogP contribution in [-0.4, -0.2) is 24.1 Å². The molecule has 5 nitrogen and oxygen atoms in total. The number of carbonyl (C=O) groups excluding carboxylic acids is 1. The van der Waals surface area contributed by atoms with Crippen molar-refractivity contribution in [1.29, 1.82) is 0 Å². The van der Waals surface area contributed by atoms with Gasteiger partial charge in [-0.05, 0) is 30.3 Å². The van der Waals surface area contributed by atoms with Crippen molar-refractivity contribution in [2.24, 2.45) is 0 Å². The zero-order chi connectivity index (χ0) is 16.4. The second-order valence-electron chi connectivity index (χ2n) is 5.58. The molecule has 5 heteroatoms. The lowest BCUT2D eigenvalue weighted by molar-refractivity contribution is 0.102. The van der Waals surface area contributed by atoms with E-state index in [2.05, 4.69) is 10.3 Å². The average molecular weight is 320 g/mol. The predicted molar refractivity (Wildman–Crippen MR) is 91.7 cm³/mol.